The molecule has 0 saturated carbocycles. The van der Waals surface area contributed by atoms with E-state index in [1.165, 1.54) is 0 Å². The Balaban J connectivity index is 4.59. The molecule has 4 heteroatoms. The van der Waals surface area contributed by atoms with Crippen LogP contribution in [0.3, 0.4) is 0 Å². The van der Waals surface area contributed by atoms with Crippen molar-refractivity contribution in [2.24, 2.45) is 0 Å². The maximum atomic E-state index is 9.66. The summed E-state index contributed by atoms with van der Waals surface area (Å²) in [6.45, 7) is 14.5. The maximum absolute atomic E-state index is 9.66. The van der Waals surface area contributed by atoms with E-state index in [-0.39, 0.29) is 10.4 Å². The van der Waals surface area contributed by atoms with Gasteiger partial charge in [-0.15, -0.1) is 10.8 Å². The first-order chi connectivity index (χ1) is 5.56. The highest BCUT2D eigenvalue weighted by Gasteiger charge is 2.23. The monoisotopic (exact) mass is 205 g/mol. The van der Waals surface area contributed by atoms with Crippen LogP contribution in [-0.2, 0) is 0 Å². The Kier molecular flexibility index (Phi) is 3.75. The topological polar surface area (TPSA) is 52.5 Å². The van der Waals surface area contributed by atoms with Crippen molar-refractivity contribution in [3.05, 3.63) is 23.6 Å². The first-order valence-corrected chi connectivity index (χ1v) is 5.53. The quantitative estimate of drug-likeness (QED) is 0.620. The third kappa shape index (κ3) is 4.47. The Labute approximate surface area is 82.0 Å². The summed E-state index contributed by atoms with van der Waals surface area (Å²) in [5.41, 5.74) is 0.216. The first kappa shape index (κ1) is 12.7. The van der Waals surface area contributed by atoms with Crippen LogP contribution < -0.4 is 4.72 Å². The molecule has 0 aliphatic heterocycles. The normalized spacial score (nSPS) is 14.0. The van der Waals surface area contributed by atoms with Crippen LogP contribution in [0.2, 0.25) is 0 Å². The lowest BCUT2D eigenvalue weighted by Crippen LogP contribution is -2.38. The molecule has 3 nitrogen and oxygen atoms in total. The number of allylic oxidation sites excluding steroid dienone is 1. The third-order valence-electron chi connectivity index (χ3n) is 1.27. The van der Waals surface area contributed by atoms with Crippen molar-refractivity contribution in [1.82, 2.24) is 4.72 Å². The van der Waals surface area contributed by atoms with Gasteiger partial charge in [-0.2, -0.15) is 0 Å². The Bertz CT molecular complexity index is 228. The van der Waals surface area contributed by atoms with Crippen molar-refractivity contribution in [2.45, 2.75) is 33.2 Å². The molecule has 0 spiro atoms. The zero-order chi connectivity index (χ0) is 10.9. The molecule has 0 radical (unpaired) electrons. The number of hydrogen-bond acceptors (Lipinski definition) is 3. The van der Waals surface area contributed by atoms with Gasteiger partial charge in [0.2, 0.25) is 0 Å². The highest BCUT2D eigenvalue weighted by molar-refractivity contribution is 8.26. The van der Waals surface area contributed by atoms with Crippen LogP contribution >= 0.6 is 10.8 Å². The van der Waals surface area contributed by atoms with Crippen LogP contribution in [0.25, 0.3) is 0 Å². The summed E-state index contributed by atoms with van der Waals surface area (Å²) in [5, 5.41) is 0. The smallest absolute Gasteiger partial charge is 0.0701 e. The minimum atomic E-state index is -2.96. The van der Waals surface area contributed by atoms with Gasteiger partial charge in [-0.3, -0.25) is 9.11 Å². The van der Waals surface area contributed by atoms with Crippen LogP contribution in [-0.4, -0.2) is 14.6 Å². The predicted octanol–water partition coefficient (Wildman–Crippen LogP) is 3.13. The van der Waals surface area contributed by atoms with Crippen LogP contribution in [0.15, 0.2) is 23.6 Å². The second-order valence-corrected chi connectivity index (χ2v) is 5.90. The van der Waals surface area contributed by atoms with Crippen molar-refractivity contribution >= 4 is 10.8 Å². The Morgan fingerprint density at radius 3 is 1.85 bits per heavy atom. The Hall–Kier alpha value is -0.290. The van der Waals surface area contributed by atoms with Crippen molar-refractivity contribution in [2.75, 3.05) is 0 Å². The lowest BCUT2D eigenvalue weighted by Gasteiger charge is -2.40. The van der Waals surface area contributed by atoms with Crippen molar-refractivity contribution in [3.8, 4) is 0 Å². The molecule has 0 bridgehead atoms. The molecular weight excluding hydrogens is 186 g/mol. The summed E-state index contributed by atoms with van der Waals surface area (Å²) in [6, 6.07) is 0. The van der Waals surface area contributed by atoms with E-state index in [1.807, 2.05) is 20.8 Å². The highest BCUT2D eigenvalue weighted by atomic mass is 32.3. The van der Waals surface area contributed by atoms with Gasteiger partial charge in [0.25, 0.3) is 0 Å². The molecule has 0 aromatic rings. The van der Waals surface area contributed by atoms with E-state index in [0.717, 1.165) is 0 Å². The average Bonchev–Trinajstić information content (AvgIpc) is 1.80. The molecule has 0 aliphatic rings. The Morgan fingerprint density at radius 1 is 1.23 bits per heavy atom. The van der Waals surface area contributed by atoms with Crippen molar-refractivity contribution in [1.29, 1.82) is 0 Å². The summed E-state index contributed by atoms with van der Waals surface area (Å²) in [7, 11) is -2.96. The molecule has 0 fully saturated rings. The van der Waals surface area contributed by atoms with Gasteiger partial charge in [0.1, 0.15) is 0 Å². The van der Waals surface area contributed by atoms with Crippen LogP contribution in [0.1, 0.15) is 27.7 Å². The molecule has 0 saturated heterocycles. The number of rotatable bonds is 3. The molecule has 0 aliphatic carbocycles. The fourth-order valence-corrected chi connectivity index (χ4v) is 2.19. The van der Waals surface area contributed by atoms with Gasteiger partial charge in [-0.1, -0.05) is 13.2 Å². The third-order valence-corrected chi connectivity index (χ3v) is 3.20. The molecule has 13 heavy (non-hydrogen) atoms. The molecule has 0 atom stereocenters. The van der Waals surface area contributed by atoms with Crippen molar-refractivity contribution < 1.29 is 9.11 Å². The molecule has 0 rings (SSSR count). The SMILES string of the molecule is C=C(C)C(=C)S(O)(O)NC(C)(C)C. The van der Waals surface area contributed by atoms with Crippen LogP contribution in [0, 0.1) is 0 Å². The maximum Gasteiger partial charge on any atom is 0.0701 e. The zero-order valence-corrected chi connectivity index (χ0v) is 9.53. The van der Waals surface area contributed by atoms with E-state index in [0.29, 0.717) is 5.57 Å². The van der Waals surface area contributed by atoms with Gasteiger partial charge in [0.15, 0.2) is 0 Å². The largest absolute Gasteiger partial charge is 0.282 e. The minimum absolute atomic E-state index is 0.266. The summed E-state index contributed by atoms with van der Waals surface area (Å²) >= 11 is 0. The summed E-state index contributed by atoms with van der Waals surface area (Å²) in [5.74, 6) is 0. The Morgan fingerprint density at radius 2 is 1.62 bits per heavy atom. The summed E-state index contributed by atoms with van der Waals surface area (Å²) < 4.78 is 22.0. The van der Waals surface area contributed by atoms with E-state index in [4.69, 9.17) is 0 Å². The van der Waals surface area contributed by atoms with E-state index >= 15 is 0 Å². The molecule has 0 unspecified atom stereocenters. The molecule has 0 heterocycles. The fraction of sp³-hybridized carbons (Fsp3) is 0.556. The minimum Gasteiger partial charge on any atom is -0.282 e. The molecule has 0 aromatic carbocycles. The molecule has 3 N–H and O–H groups in total. The highest BCUT2D eigenvalue weighted by Crippen LogP contribution is 2.47. The van der Waals surface area contributed by atoms with Gasteiger partial charge < -0.3 is 0 Å². The average molecular weight is 205 g/mol. The van der Waals surface area contributed by atoms with Gasteiger partial charge in [-0.25, -0.2) is 4.72 Å². The van der Waals surface area contributed by atoms with Gasteiger partial charge in [0, 0.05) is 5.54 Å². The second-order valence-electron chi connectivity index (χ2n) is 4.10. The van der Waals surface area contributed by atoms with E-state index < -0.39 is 10.8 Å². The standard InChI is InChI=1S/C9H19NO2S/c1-7(2)8(3)13(11,12)10-9(4,5)6/h10-12H,1,3H2,2,4-6H3. The first-order valence-electron chi connectivity index (χ1n) is 3.98. The fourth-order valence-electron chi connectivity index (χ4n) is 0.732. The molecule has 78 valence electrons. The summed E-state index contributed by atoms with van der Waals surface area (Å²) in [6.07, 6.45) is 0. The molecule has 0 aromatic heterocycles. The van der Waals surface area contributed by atoms with Gasteiger partial charge >= 0.3 is 0 Å². The molecule has 0 amide bonds. The van der Waals surface area contributed by atoms with Gasteiger partial charge in [0.05, 0.1) is 4.91 Å². The predicted molar refractivity (Wildman–Crippen MR) is 59.7 cm³/mol. The number of hydrogen-bond donors (Lipinski definition) is 3. The summed E-state index contributed by atoms with van der Waals surface area (Å²) in [4.78, 5) is 0.266. The zero-order valence-electron chi connectivity index (χ0n) is 8.72. The van der Waals surface area contributed by atoms with E-state index in [1.54, 1.807) is 6.92 Å². The van der Waals surface area contributed by atoms with Gasteiger partial charge in [-0.05, 0) is 33.3 Å². The van der Waals surface area contributed by atoms with E-state index in [2.05, 4.69) is 17.9 Å². The van der Waals surface area contributed by atoms with Crippen LogP contribution in [0.4, 0.5) is 0 Å². The van der Waals surface area contributed by atoms with Crippen molar-refractivity contribution in [3.63, 3.8) is 0 Å². The second kappa shape index (κ2) is 3.84. The number of nitrogens with one attached hydrogen (secondary N) is 1. The lowest BCUT2D eigenvalue weighted by molar-refractivity contribution is 0.430. The lowest BCUT2D eigenvalue weighted by atomic mass is 10.1. The molecular formula is C9H19NO2S. The van der Waals surface area contributed by atoms with Crippen LogP contribution in [0.5, 0.6) is 0 Å². The van der Waals surface area contributed by atoms with E-state index in [9.17, 15) is 9.11 Å².